The highest BCUT2D eigenvalue weighted by molar-refractivity contribution is 5.84. The van der Waals surface area contributed by atoms with E-state index in [2.05, 4.69) is 20.3 Å². The van der Waals surface area contributed by atoms with Crippen LogP contribution in [0.5, 0.6) is 0 Å². The van der Waals surface area contributed by atoms with Gasteiger partial charge in [0.05, 0.1) is 18.4 Å². The second kappa shape index (κ2) is 7.66. The van der Waals surface area contributed by atoms with Gasteiger partial charge >= 0.3 is 5.97 Å². The van der Waals surface area contributed by atoms with Crippen LogP contribution in [0.2, 0.25) is 0 Å². The molecule has 1 aliphatic heterocycles. The van der Waals surface area contributed by atoms with Gasteiger partial charge in [0.25, 0.3) is 0 Å². The lowest BCUT2D eigenvalue weighted by atomic mass is 9.98. The summed E-state index contributed by atoms with van der Waals surface area (Å²) in [5.74, 6) is -1.87. The fourth-order valence-electron chi connectivity index (χ4n) is 3.10. The summed E-state index contributed by atoms with van der Waals surface area (Å²) >= 11 is 0. The van der Waals surface area contributed by atoms with Gasteiger partial charge in [-0.1, -0.05) is 20.3 Å². The van der Waals surface area contributed by atoms with Crippen LogP contribution < -0.4 is 16.8 Å². The van der Waals surface area contributed by atoms with Gasteiger partial charge in [-0.25, -0.2) is 19.7 Å². The molecular weight excluding hydrogens is 370 g/mol. The highest BCUT2D eigenvalue weighted by Gasteiger charge is 2.49. The minimum atomic E-state index is -1.48. The predicted octanol–water partition coefficient (Wildman–Crippen LogP) is -1.39. The summed E-state index contributed by atoms with van der Waals surface area (Å²) in [6, 6.07) is -2.05. The molecule has 2 unspecified atom stereocenters. The Balaban J connectivity index is 1.89. The quantitative estimate of drug-likeness (QED) is 0.390. The number of aromatic nitrogens is 4. The number of nitrogen functional groups attached to an aromatic ring is 1. The van der Waals surface area contributed by atoms with E-state index in [1.807, 2.05) is 13.8 Å². The number of hydrogen-bond acceptors (Lipinski definition) is 9. The molecule has 7 N–H and O–H groups in total. The summed E-state index contributed by atoms with van der Waals surface area (Å²) in [5.41, 5.74) is 12.2. The molecule has 6 atom stereocenters. The smallest absolute Gasteiger partial charge is 0.335 e. The Labute approximate surface area is 159 Å². The van der Waals surface area contributed by atoms with Crippen molar-refractivity contribution in [1.29, 1.82) is 0 Å². The number of carboxylic acids is 1. The van der Waals surface area contributed by atoms with Gasteiger partial charge in [-0.05, 0) is 5.92 Å². The molecule has 3 rings (SSSR count). The van der Waals surface area contributed by atoms with Gasteiger partial charge in [0.2, 0.25) is 5.91 Å². The number of nitrogens with one attached hydrogen (secondary N) is 1. The lowest BCUT2D eigenvalue weighted by molar-refractivity contribution is -0.152. The minimum absolute atomic E-state index is 0.115. The maximum absolute atomic E-state index is 12.4. The predicted molar refractivity (Wildman–Crippen MR) is 96.6 cm³/mol. The Morgan fingerprint density at radius 3 is 2.75 bits per heavy atom. The number of fused-ring (bicyclic) bond motifs is 1. The molecule has 12 heteroatoms. The summed E-state index contributed by atoms with van der Waals surface area (Å²) in [4.78, 5) is 36.0. The van der Waals surface area contributed by atoms with E-state index >= 15 is 0 Å². The summed E-state index contributed by atoms with van der Waals surface area (Å²) in [5, 5.41) is 22.7. The number of rotatable bonds is 6. The van der Waals surface area contributed by atoms with Crippen molar-refractivity contribution in [3.05, 3.63) is 12.7 Å². The van der Waals surface area contributed by atoms with E-state index in [1.54, 1.807) is 0 Å². The molecule has 1 saturated heterocycles. The summed E-state index contributed by atoms with van der Waals surface area (Å²) in [6.45, 7) is 3.70. The van der Waals surface area contributed by atoms with Crippen LogP contribution in [0, 0.1) is 5.92 Å². The van der Waals surface area contributed by atoms with Crippen LogP contribution in [0.3, 0.4) is 0 Å². The monoisotopic (exact) mass is 393 g/mol. The second-order valence-corrected chi connectivity index (χ2v) is 6.80. The van der Waals surface area contributed by atoms with Gasteiger partial charge in [-0.15, -0.1) is 0 Å². The molecule has 2 aromatic rings. The lowest BCUT2D eigenvalue weighted by Gasteiger charge is -2.24. The van der Waals surface area contributed by atoms with E-state index in [0.717, 1.165) is 0 Å². The van der Waals surface area contributed by atoms with Gasteiger partial charge in [0, 0.05) is 0 Å². The zero-order valence-corrected chi connectivity index (χ0v) is 15.4. The molecule has 0 aliphatic carbocycles. The summed E-state index contributed by atoms with van der Waals surface area (Å²) in [7, 11) is 0. The second-order valence-electron chi connectivity index (χ2n) is 6.80. The van der Waals surface area contributed by atoms with Crippen molar-refractivity contribution in [2.24, 2.45) is 11.7 Å². The molecule has 0 saturated carbocycles. The number of carbonyl (C=O) groups is 2. The number of carbonyl (C=O) groups excluding carboxylic acids is 1. The number of carboxylic acid groups (broad SMARTS) is 1. The Kier molecular flexibility index (Phi) is 5.45. The van der Waals surface area contributed by atoms with Crippen LogP contribution in [0.25, 0.3) is 11.2 Å². The molecule has 0 spiro atoms. The zero-order chi connectivity index (χ0) is 20.6. The fourth-order valence-corrected chi connectivity index (χ4v) is 3.10. The summed E-state index contributed by atoms with van der Waals surface area (Å²) < 4.78 is 6.88. The van der Waals surface area contributed by atoms with Crippen molar-refractivity contribution in [3.8, 4) is 0 Å². The lowest BCUT2D eigenvalue weighted by Crippen LogP contribution is -2.55. The van der Waals surface area contributed by atoms with Gasteiger partial charge in [-0.3, -0.25) is 9.36 Å². The third-order valence-corrected chi connectivity index (χ3v) is 5.05. The standard InChI is InChI=1S/C16H23N7O5/c1-3-6(2)7(17)14(25)22-8-10(24)15(28-11(8)16(26)27)23-5-21-9-12(18)19-4-20-13(9)23/h4-8,10-11,15,24H,3,17H2,1-2H3,(H,22,25)(H,26,27)(H2,18,19,20)/t6?,7?,8-,10+,11-,15+/m0/s1. The molecule has 28 heavy (non-hydrogen) atoms. The number of ether oxygens (including phenoxy) is 1. The highest BCUT2D eigenvalue weighted by Crippen LogP contribution is 2.32. The average molecular weight is 393 g/mol. The maximum atomic E-state index is 12.4. The largest absolute Gasteiger partial charge is 0.479 e. The molecule has 1 fully saturated rings. The van der Waals surface area contributed by atoms with E-state index in [-0.39, 0.29) is 22.9 Å². The number of nitrogens with zero attached hydrogens (tertiary/aromatic N) is 4. The minimum Gasteiger partial charge on any atom is -0.479 e. The maximum Gasteiger partial charge on any atom is 0.335 e. The van der Waals surface area contributed by atoms with E-state index < -0.39 is 42.4 Å². The van der Waals surface area contributed by atoms with E-state index in [0.29, 0.717) is 6.42 Å². The van der Waals surface area contributed by atoms with E-state index in [4.69, 9.17) is 16.2 Å². The molecule has 3 heterocycles. The Morgan fingerprint density at radius 2 is 2.11 bits per heavy atom. The molecule has 0 bridgehead atoms. The number of hydrogen-bond donors (Lipinski definition) is 5. The van der Waals surface area contributed by atoms with Crippen LogP contribution >= 0.6 is 0 Å². The van der Waals surface area contributed by atoms with Gasteiger partial charge < -0.3 is 31.7 Å². The van der Waals surface area contributed by atoms with Crippen molar-refractivity contribution in [2.75, 3.05) is 5.73 Å². The number of nitrogens with two attached hydrogens (primary N) is 2. The first kappa shape index (κ1) is 19.9. The number of imidazole rings is 1. The van der Waals surface area contributed by atoms with Crippen LogP contribution in [-0.4, -0.2) is 65.9 Å². The molecule has 0 aromatic carbocycles. The van der Waals surface area contributed by atoms with Gasteiger partial charge in [0.15, 0.2) is 23.8 Å². The first-order chi connectivity index (χ1) is 13.3. The Hall–Kier alpha value is -2.83. The van der Waals surface area contributed by atoms with Crippen molar-refractivity contribution in [2.45, 2.75) is 50.8 Å². The normalized spacial score (nSPS) is 26.9. The molecule has 2 aromatic heterocycles. The molecule has 12 nitrogen and oxygen atoms in total. The number of aliphatic carboxylic acids is 1. The molecule has 1 aliphatic rings. The zero-order valence-electron chi connectivity index (χ0n) is 15.4. The third kappa shape index (κ3) is 3.37. The molecule has 1 amide bonds. The van der Waals surface area contributed by atoms with Crippen molar-refractivity contribution in [3.63, 3.8) is 0 Å². The first-order valence-corrected chi connectivity index (χ1v) is 8.81. The number of amides is 1. The number of anilines is 1. The highest BCUT2D eigenvalue weighted by atomic mass is 16.6. The van der Waals surface area contributed by atoms with Crippen LogP contribution in [0.4, 0.5) is 5.82 Å². The fraction of sp³-hybridized carbons (Fsp3) is 0.562. The first-order valence-electron chi connectivity index (χ1n) is 8.81. The van der Waals surface area contributed by atoms with Crippen molar-refractivity contribution < 1.29 is 24.5 Å². The Bertz CT molecular complexity index is 887. The number of aliphatic hydroxyl groups excluding tert-OH is 1. The third-order valence-electron chi connectivity index (χ3n) is 5.05. The topological polar surface area (TPSA) is 191 Å². The van der Waals surface area contributed by atoms with Crippen molar-refractivity contribution >= 4 is 28.9 Å². The molecule has 0 radical (unpaired) electrons. The number of aliphatic hydroxyl groups is 1. The van der Waals surface area contributed by atoms with Gasteiger partial charge in [0.1, 0.15) is 17.9 Å². The van der Waals surface area contributed by atoms with Crippen LogP contribution in [0.1, 0.15) is 26.5 Å². The SMILES string of the molecule is CCC(C)C(N)C(=O)N[C@H]1[C@@H](O)[C@H](n2cnc3c(N)ncnc32)O[C@@H]1C(=O)O. The van der Waals surface area contributed by atoms with Crippen molar-refractivity contribution in [1.82, 2.24) is 24.8 Å². The van der Waals surface area contributed by atoms with Crippen LogP contribution in [0.15, 0.2) is 12.7 Å². The Morgan fingerprint density at radius 1 is 1.39 bits per heavy atom. The van der Waals surface area contributed by atoms with Gasteiger partial charge in [-0.2, -0.15) is 0 Å². The van der Waals surface area contributed by atoms with E-state index in [9.17, 15) is 19.8 Å². The molecular formula is C16H23N7O5. The van der Waals surface area contributed by atoms with E-state index in [1.165, 1.54) is 17.2 Å². The molecule has 152 valence electrons. The summed E-state index contributed by atoms with van der Waals surface area (Å²) in [6.07, 6.45) is -0.808. The average Bonchev–Trinajstić information content (AvgIpc) is 3.23. The van der Waals surface area contributed by atoms with Crippen LogP contribution in [-0.2, 0) is 14.3 Å².